The molecule has 2 rings (SSSR count). The van der Waals surface area contributed by atoms with Gasteiger partial charge in [0.05, 0.1) is 23.5 Å². The minimum absolute atomic E-state index is 0.0282. The predicted molar refractivity (Wildman–Crippen MR) is 53.1 cm³/mol. The maximum Gasteiger partial charge on any atom is 0.175 e. The molecule has 0 unspecified atom stereocenters. The summed E-state index contributed by atoms with van der Waals surface area (Å²) >= 11 is 3.16. The first-order valence-corrected chi connectivity index (χ1v) is 4.71. The Morgan fingerprint density at radius 2 is 2.36 bits per heavy atom. The summed E-state index contributed by atoms with van der Waals surface area (Å²) in [6.07, 6.45) is 0.0282. The number of hydrogen-bond acceptors (Lipinski definition) is 2. The Balaban J connectivity index is 2.76. The van der Waals surface area contributed by atoms with E-state index in [0.29, 0.717) is 15.8 Å². The van der Waals surface area contributed by atoms with E-state index in [4.69, 9.17) is 5.26 Å². The van der Waals surface area contributed by atoms with Crippen molar-refractivity contribution in [1.82, 2.24) is 9.97 Å². The Hall–Kier alpha value is -1.41. The number of imidazole rings is 1. The van der Waals surface area contributed by atoms with Gasteiger partial charge in [0.1, 0.15) is 5.82 Å². The molecule has 1 N–H and O–H groups in total. The summed E-state index contributed by atoms with van der Waals surface area (Å²) in [5, 5.41) is 8.54. The number of nitriles is 1. The van der Waals surface area contributed by atoms with Gasteiger partial charge in [0, 0.05) is 5.56 Å². The zero-order chi connectivity index (χ0) is 10.1. The van der Waals surface area contributed by atoms with Crippen molar-refractivity contribution >= 4 is 27.0 Å². The Bertz CT molecular complexity index is 527. The largest absolute Gasteiger partial charge is 0.332 e. The highest BCUT2D eigenvalue weighted by Gasteiger charge is 2.10. The Kier molecular flexibility index (Phi) is 2.22. The van der Waals surface area contributed by atoms with E-state index in [-0.39, 0.29) is 6.42 Å². The molecule has 70 valence electrons. The Labute approximate surface area is 87.7 Å². The zero-order valence-electron chi connectivity index (χ0n) is 7.01. The zero-order valence-corrected chi connectivity index (χ0v) is 8.60. The van der Waals surface area contributed by atoms with Gasteiger partial charge in [-0.15, -0.1) is 0 Å². The van der Waals surface area contributed by atoms with E-state index < -0.39 is 5.82 Å². The molecule has 0 saturated heterocycles. The molecule has 0 saturated carbocycles. The van der Waals surface area contributed by atoms with Gasteiger partial charge in [0.2, 0.25) is 0 Å². The molecule has 3 nitrogen and oxygen atoms in total. The lowest BCUT2D eigenvalue weighted by Crippen LogP contribution is -1.90. The molecule has 1 aromatic heterocycles. The number of aromatic amines is 1. The molecule has 0 amide bonds. The number of halogens is 2. The average molecular weight is 254 g/mol. The van der Waals surface area contributed by atoms with Gasteiger partial charge in [-0.05, 0) is 28.1 Å². The lowest BCUT2D eigenvalue weighted by atomic mass is 10.1. The lowest BCUT2D eigenvalue weighted by Gasteiger charge is -1.97. The molecule has 2 aromatic rings. The fourth-order valence-electron chi connectivity index (χ4n) is 1.32. The second-order valence-electron chi connectivity index (χ2n) is 2.78. The Morgan fingerprint density at radius 3 is 3.07 bits per heavy atom. The van der Waals surface area contributed by atoms with E-state index in [9.17, 15) is 4.39 Å². The highest BCUT2D eigenvalue weighted by atomic mass is 79.9. The SMILES string of the molecule is N#CCc1c(F)ccc2[nH]c(Br)nc12. The van der Waals surface area contributed by atoms with Crippen LogP contribution in [0.4, 0.5) is 4.39 Å². The van der Waals surface area contributed by atoms with Gasteiger partial charge in [-0.2, -0.15) is 5.26 Å². The summed E-state index contributed by atoms with van der Waals surface area (Å²) in [6, 6.07) is 4.85. The lowest BCUT2D eigenvalue weighted by molar-refractivity contribution is 0.617. The van der Waals surface area contributed by atoms with E-state index in [1.807, 2.05) is 6.07 Å². The molecule has 0 fully saturated rings. The second-order valence-corrected chi connectivity index (χ2v) is 3.54. The first-order chi connectivity index (χ1) is 6.72. The third-order valence-corrected chi connectivity index (χ3v) is 2.30. The number of benzene rings is 1. The number of nitrogens with one attached hydrogen (secondary N) is 1. The van der Waals surface area contributed by atoms with Crippen molar-refractivity contribution in [2.24, 2.45) is 0 Å². The standard InChI is InChI=1S/C9H5BrFN3/c10-9-13-7-2-1-6(11)5(3-4-12)8(7)14-9/h1-2H,3H2,(H,13,14). The highest BCUT2D eigenvalue weighted by Crippen LogP contribution is 2.21. The molecular weight excluding hydrogens is 249 g/mol. The summed E-state index contributed by atoms with van der Waals surface area (Å²) in [5.74, 6) is -0.391. The number of aromatic nitrogens is 2. The number of hydrogen-bond donors (Lipinski definition) is 1. The molecule has 1 aromatic carbocycles. The van der Waals surface area contributed by atoms with Crippen LogP contribution in [0.1, 0.15) is 5.56 Å². The van der Waals surface area contributed by atoms with Gasteiger partial charge in [0.15, 0.2) is 4.73 Å². The van der Waals surface area contributed by atoms with Crippen molar-refractivity contribution in [2.45, 2.75) is 6.42 Å². The molecule has 0 aliphatic rings. The normalized spacial score (nSPS) is 10.4. The van der Waals surface area contributed by atoms with Gasteiger partial charge >= 0.3 is 0 Å². The average Bonchev–Trinajstić information content (AvgIpc) is 2.51. The van der Waals surface area contributed by atoms with Crippen LogP contribution >= 0.6 is 15.9 Å². The van der Waals surface area contributed by atoms with Crippen LogP contribution in [0.25, 0.3) is 11.0 Å². The first-order valence-electron chi connectivity index (χ1n) is 3.92. The molecule has 0 radical (unpaired) electrons. The number of rotatable bonds is 1. The van der Waals surface area contributed by atoms with Crippen molar-refractivity contribution in [2.75, 3.05) is 0 Å². The third kappa shape index (κ3) is 1.38. The minimum Gasteiger partial charge on any atom is -0.332 e. The number of fused-ring (bicyclic) bond motifs is 1. The van der Waals surface area contributed by atoms with Crippen molar-refractivity contribution < 1.29 is 4.39 Å². The van der Waals surface area contributed by atoms with Crippen LogP contribution in [-0.4, -0.2) is 9.97 Å². The van der Waals surface area contributed by atoms with Crippen LogP contribution in [0.2, 0.25) is 0 Å². The van der Waals surface area contributed by atoms with Crippen molar-refractivity contribution in [3.8, 4) is 6.07 Å². The Morgan fingerprint density at radius 1 is 1.57 bits per heavy atom. The molecule has 1 heterocycles. The monoisotopic (exact) mass is 253 g/mol. The van der Waals surface area contributed by atoms with Crippen molar-refractivity contribution in [3.05, 3.63) is 28.2 Å². The van der Waals surface area contributed by atoms with Crippen LogP contribution in [0.15, 0.2) is 16.9 Å². The first kappa shape index (κ1) is 9.16. The van der Waals surface area contributed by atoms with Gasteiger partial charge in [-0.3, -0.25) is 0 Å². The van der Waals surface area contributed by atoms with Crippen LogP contribution in [0, 0.1) is 17.1 Å². The molecule has 0 spiro atoms. The smallest absolute Gasteiger partial charge is 0.175 e. The van der Waals surface area contributed by atoms with Crippen LogP contribution in [-0.2, 0) is 6.42 Å². The van der Waals surface area contributed by atoms with Crippen LogP contribution in [0.5, 0.6) is 0 Å². The second kappa shape index (κ2) is 3.39. The fourth-order valence-corrected chi connectivity index (χ4v) is 1.72. The molecule has 0 aliphatic heterocycles. The van der Waals surface area contributed by atoms with Gasteiger partial charge < -0.3 is 4.98 Å². The van der Waals surface area contributed by atoms with Gasteiger partial charge in [-0.25, -0.2) is 9.37 Å². The summed E-state index contributed by atoms with van der Waals surface area (Å²) in [6.45, 7) is 0. The molecule has 0 atom stereocenters. The summed E-state index contributed by atoms with van der Waals surface area (Å²) in [7, 11) is 0. The van der Waals surface area contributed by atoms with E-state index in [0.717, 1.165) is 5.52 Å². The fraction of sp³-hybridized carbons (Fsp3) is 0.111. The van der Waals surface area contributed by atoms with E-state index >= 15 is 0 Å². The topological polar surface area (TPSA) is 52.5 Å². The predicted octanol–water partition coefficient (Wildman–Crippen LogP) is 2.53. The maximum absolute atomic E-state index is 13.3. The molecule has 5 heteroatoms. The molecular formula is C9H5BrFN3. The van der Waals surface area contributed by atoms with Gasteiger partial charge in [-0.1, -0.05) is 0 Å². The van der Waals surface area contributed by atoms with E-state index in [2.05, 4.69) is 25.9 Å². The summed E-state index contributed by atoms with van der Waals surface area (Å²) < 4.78 is 13.8. The maximum atomic E-state index is 13.3. The van der Waals surface area contributed by atoms with Crippen LogP contribution < -0.4 is 0 Å². The van der Waals surface area contributed by atoms with Crippen LogP contribution in [0.3, 0.4) is 0 Å². The number of nitrogens with zero attached hydrogens (tertiary/aromatic N) is 2. The summed E-state index contributed by atoms with van der Waals surface area (Å²) in [4.78, 5) is 6.98. The molecule has 14 heavy (non-hydrogen) atoms. The van der Waals surface area contributed by atoms with E-state index in [1.54, 1.807) is 6.07 Å². The van der Waals surface area contributed by atoms with E-state index in [1.165, 1.54) is 6.07 Å². The van der Waals surface area contributed by atoms with Gasteiger partial charge in [0.25, 0.3) is 0 Å². The van der Waals surface area contributed by atoms with Crippen molar-refractivity contribution in [3.63, 3.8) is 0 Å². The van der Waals surface area contributed by atoms with Crippen molar-refractivity contribution in [1.29, 1.82) is 5.26 Å². The minimum atomic E-state index is -0.391. The molecule has 0 aliphatic carbocycles. The number of H-pyrrole nitrogens is 1. The molecule has 0 bridgehead atoms. The quantitative estimate of drug-likeness (QED) is 0.850. The third-order valence-electron chi connectivity index (χ3n) is 1.93. The highest BCUT2D eigenvalue weighted by molar-refractivity contribution is 9.10. The summed E-state index contributed by atoms with van der Waals surface area (Å²) in [5.41, 5.74) is 1.58.